The smallest absolute Gasteiger partial charge is 0.414 e. The maximum absolute atomic E-state index is 13.9. The molecule has 2 heterocycles. The Morgan fingerprint density at radius 2 is 1.63 bits per heavy atom. The van der Waals surface area contributed by atoms with Gasteiger partial charge in [-0.2, -0.15) is 0 Å². The SMILES string of the molecule is COC(=O)CC1c2ccccc2C2=C(CC(C)C3C(=O)N(c4ccccc4)C(=O)C23)N1C(=O)OC. The van der Waals surface area contributed by atoms with Gasteiger partial charge in [0.15, 0.2) is 0 Å². The number of hydrogen-bond acceptors (Lipinski definition) is 6. The zero-order valence-electron chi connectivity index (χ0n) is 19.8. The summed E-state index contributed by atoms with van der Waals surface area (Å²) in [6.45, 7) is 1.92. The number of para-hydroxylation sites is 1. The number of anilines is 1. The van der Waals surface area contributed by atoms with E-state index in [0.29, 0.717) is 28.9 Å². The second kappa shape index (κ2) is 8.69. The third-order valence-corrected chi connectivity index (χ3v) is 7.29. The van der Waals surface area contributed by atoms with Crippen molar-refractivity contribution in [1.82, 2.24) is 4.90 Å². The van der Waals surface area contributed by atoms with Gasteiger partial charge in [-0.25, -0.2) is 9.69 Å². The zero-order valence-corrected chi connectivity index (χ0v) is 19.8. The Kier molecular flexibility index (Phi) is 5.67. The first-order valence-electron chi connectivity index (χ1n) is 11.6. The summed E-state index contributed by atoms with van der Waals surface area (Å²) in [5, 5.41) is 0. The maximum Gasteiger partial charge on any atom is 0.414 e. The molecule has 180 valence electrons. The van der Waals surface area contributed by atoms with Crippen LogP contribution in [-0.2, 0) is 23.9 Å². The monoisotopic (exact) mass is 474 g/mol. The molecular formula is C27H26N2O6. The molecule has 0 spiro atoms. The number of fused-ring (bicyclic) bond motifs is 4. The topological polar surface area (TPSA) is 93.2 Å². The van der Waals surface area contributed by atoms with E-state index in [1.54, 1.807) is 24.3 Å². The second-order valence-electron chi connectivity index (χ2n) is 9.12. The number of amides is 3. The van der Waals surface area contributed by atoms with E-state index in [1.807, 2.05) is 37.3 Å². The summed E-state index contributed by atoms with van der Waals surface area (Å²) in [6.07, 6.45) is -0.298. The molecular weight excluding hydrogens is 448 g/mol. The molecule has 5 rings (SSSR count). The molecule has 2 aliphatic heterocycles. The van der Waals surface area contributed by atoms with E-state index in [-0.39, 0.29) is 24.2 Å². The highest BCUT2D eigenvalue weighted by atomic mass is 16.5. The number of imide groups is 1. The lowest BCUT2D eigenvalue weighted by molar-refractivity contribution is -0.141. The Morgan fingerprint density at radius 3 is 2.31 bits per heavy atom. The highest BCUT2D eigenvalue weighted by Crippen LogP contribution is 2.55. The minimum Gasteiger partial charge on any atom is -0.469 e. The highest BCUT2D eigenvalue weighted by Gasteiger charge is 2.57. The van der Waals surface area contributed by atoms with Gasteiger partial charge in [0.1, 0.15) is 0 Å². The molecule has 2 aromatic rings. The molecule has 0 bridgehead atoms. The molecule has 1 fully saturated rings. The van der Waals surface area contributed by atoms with Gasteiger partial charge in [-0.15, -0.1) is 0 Å². The number of nitrogens with zero attached hydrogens (tertiary/aromatic N) is 2. The normalized spacial score (nSPS) is 25.1. The molecule has 4 atom stereocenters. The number of carbonyl (C=O) groups excluding carboxylic acids is 4. The molecule has 0 radical (unpaired) electrons. The van der Waals surface area contributed by atoms with Gasteiger partial charge in [-0.3, -0.25) is 19.3 Å². The molecule has 0 aromatic heterocycles. The van der Waals surface area contributed by atoms with Crippen molar-refractivity contribution in [1.29, 1.82) is 0 Å². The third kappa shape index (κ3) is 3.43. The van der Waals surface area contributed by atoms with Crippen molar-refractivity contribution in [2.45, 2.75) is 25.8 Å². The fraction of sp³-hybridized carbons (Fsp3) is 0.333. The minimum absolute atomic E-state index is 0.0646. The first kappa shape index (κ1) is 22.8. The van der Waals surface area contributed by atoms with E-state index < -0.39 is 29.9 Å². The van der Waals surface area contributed by atoms with Crippen molar-refractivity contribution in [3.8, 4) is 0 Å². The summed E-state index contributed by atoms with van der Waals surface area (Å²) in [7, 11) is 2.59. The number of rotatable bonds is 3. The standard InChI is InChI=1S/C27H26N2O6/c1-15-13-20-23(24-22(15)25(31)28(26(24)32)16-9-5-4-6-10-16)18-12-8-7-11-17(18)19(14-21(30)34-2)29(20)27(33)35-3/h4-12,15,19,22,24H,13-14H2,1-3H3. The highest BCUT2D eigenvalue weighted by molar-refractivity contribution is 6.25. The lowest BCUT2D eigenvalue weighted by atomic mass is 9.67. The van der Waals surface area contributed by atoms with Crippen LogP contribution in [0, 0.1) is 17.8 Å². The average Bonchev–Trinajstić information content (AvgIpc) is 3.14. The van der Waals surface area contributed by atoms with Gasteiger partial charge in [-0.05, 0) is 41.2 Å². The van der Waals surface area contributed by atoms with E-state index in [1.165, 1.54) is 24.0 Å². The van der Waals surface area contributed by atoms with Crippen LogP contribution >= 0.6 is 0 Å². The summed E-state index contributed by atoms with van der Waals surface area (Å²) in [5.74, 6) is -2.51. The van der Waals surface area contributed by atoms with Crippen molar-refractivity contribution < 1.29 is 28.7 Å². The van der Waals surface area contributed by atoms with Crippen LogP contribution in [0.15, 0.2) is 60.3 Å². The van der Waals surface area contributed by atoms with Gasteiger partial charge in [0.2, 0.25) is 11.8 Å². The van der Waals surface area contributed by atoms with E-state index in [0.717, 1.165) is 5.56 Å². The van der Waals surface area contributed by atoms with Crippen LogP contribution in [-0.4, -0.2) is 43.0 Å². The van der Waals surface area contributed by atoms with Crippen LogP contribution in [0.25, 0.3) is 5.57 Å². The van der Waals surface area contributed by atoms with Crippen molar-refractivity contribution in [3.05, 3.63) is 71.4 Å². The summed E-state index contributed by atoms with van der Waals surface area (Å²) in [5.41, 5.74) is 3.30. The van der Waals surface area contributed by atoms with E-state index in [4.69, 9.17) is 9.47 Å². The van der Waals surface area contributed by atoms with Crippen molar-refractivity contribution in [2.24, 2.45) is 17.8 Å². The lowest BCUT2D eigenvalue weighted by Crippen LogP contribution is -2.44. The van der Waals surface area contributed by atoms with E-state index in [2.05, 4.69) is 0 Å². The van der Waals surface area contributed by atoms with Crippen LogP contribution in [0.2, 0.25) is 0 Å². The molecule has 3 amide bonds. The molecule has 3 aliphatic rings. The number of carbonyl (C=O) groups is 4. The molecule has 1 aliphatic carbocycles. The fourth-order valence-electron chi connectivity index (χ4n) is 5.81. The van der Waals surface area contributed by atoms with Gasteiger partial charge >= 0.3 is 12.1 Å². The molecule has 35 heavy (non-hydrogen) atoms. The Labute approximate surface area is 203 Å². The van der Waals surface area contributed by atoms with Crippen molar-refractivity contribution in [2.75, 3.05) is 19.1 Å². The first-order valence-corrected chi connectivity index (χ1v) is 11.6. The fourth-order valence-corrected chi connectivity index (χ4v) is 5.81. The van der Waals surface area contributed by atoms with E-state index >= 15 is 0 Å². The van der Waals surface area contributed by atoms with Gasteiger partial charge in [-0.1, -0.05) is 49.4 Å². The van der Waals surface area contributed by atoms with Gasteiger partial charge in [0, 0.05) is 5.70 Å². The third-order valence-electron chi connectivity index (χ3n) is 7.29. The number of benzene rings is 2. The number of esters is 1. The number of hydrogen-bond donors (Lipinski definition) is 0. The van der Waals surface area contributed by atoms with Crippen LogP contribution in [0.4, 0.5) is 10.5 Å². The van der Waals surface area contributed by atoms with Crippen LogP contribution in [0.1, 0.15) is 36.9 Å². The molecule has 2 aromatic carbocycles. The minimum atomic E-state index is -0.742. The first-order chi connectivity index (χ1) is 16.9. The molecule has 8 heteroatoms. The Balaban J connectivity index is 1.71. The molecule has 0 N–H and O–H groups in total. The summed E-state index contributed by atoms with van der Waals surface area (Å²) in [4.78, 5) is 55.6. The van der Waals surface area contributed by atoms with Crippen LogP contribution in [0.3, 0.4) is 0 Å². The molecule has 8 nitrogen and oxygen atoms in total. The predicted octanol–water partition coefficient (Wildman–Crippen LogP) is 3.93. The molecule has 4 unspecified atom stereocenters. The Hall–Kier alpha value is -3.94. The summed E-state index contributed by atoms with van der Waals surface area (Å²) >= 11 is 0. The van der Waals surface area contributed by atoms with Crippen LogP contribution < -0.4 is 4.90 Å². The number of allylic oxidation sites excluding steroid dienone is 1. The lowest BCUT2D eigenvalue weighted by Gasteiger charge is -2.44. The van der Waals surface area contributed by atoms with Crippen molar-refractivity contribution in [3.63, 3.8) is 0 Å². The average molecular weight is 475 g/mol. The quantitative estimate of drug-likeness (QED) is 0.494. The summed E-state index contributed by atoms with van der Waals surface area (Å²) in [6, 6.07) is 15.7. The largest absolute Gasteiger partial charge is 0.469 e. The maximum atomic E-state index is 13.9. The summed E-state index contributed by atoms with van der Waals surface area (Å²) < 4.78 is 10.0. The Bertz CT molecular complexity index is 1250. The number of methoxy groups -OCH3 is 2. The van der Waals surface area contributed by atoms with Gasteiger partial charge < -0.3 is 9.47 Å². The van der Waals surface area contributed by atoms with Gasteiger partial charge in [0.05, 0.1) is 44.2 Å². The molecule has 1 saturated heterocycles. The number of ether oxygens (including phenoxy) is 2. The van der Waals surface area contributed by atoms with Gasteiger partial charge in [0.25, 0.3) is 0 Å². The second-order valence-corrected chi connectivity index (χ2v) is 9.12. The molecule has 0 saturated carbocycles. The van der Waals surface area contributed by atoms with Crippen LogP contribution in [0.5, 0.6) is 0 Å². The van der Waals surface area contributed by atoms with E-state index in [9.17, 15) is 19.2 Å². The Morgan fingerprint density at radius 1 is 0.943 bits per heavy atom. The predicted molar refractivity (Wildman–Crippen MR) is 127 cm³/mol. The van der Waals surface area contributed by atoms with Crippen molar-refractivity contribution >= 4 is 35.1 Å². The zero-order chi connectivity index (χ0) is 24.9.